The van der Waals surface area contributed by atoms with E-state index in [1.165, 1.54) is 5.56 Å². The van der Waals surface area contributed by atoms with Crippen molar-refractivity contribution in [3.8, 4) is 5.69 Å². The maximum Gasteiger partial charge on any atom is 0.100 e. The molecule has 0 saturated carbocycles. The molecule has 17 heavy (non-hydrogen) atoms. The molecule has 0 N–H and O–H groups in total. The lowest BCUT2D eigenvalue weighted by atomic mass is 10.2. The summed E-state index contributed by atoms with van der Waals surface area (Å²) in [7, 11) is 0. The highest BCUT2D eigenvalue weighted by Gasteiger charge is 2.07. The molecule has 0 spiro atoms. The third kappa shape index (κ3) is 1.71. The molecule has 3 aromatic rings. The van der Waals surface area contributed by atoms with E-state index in [1.807, 2.05) is 41.2 Å². The average Bonchev–Trinajstić information content (AvgIpc) is 2.72. The number of imidazole rings is 1. The molecule has 1 heterocycles. The SMILES string of the molecule is Cc1ccc2ncn(-c3ccccc3Cl)c2c1. The molecule has 0 bridgehead atoms. The van der Waals surface area contributed by atoms with Gasteiger partial charge in [0.2, 0.25) is 0 Å². The van der Waals surface area contributed by atoms with Crippen molar-refractivity contribution in [2.24, 2.45) is 0 Å². The molecule has 0 aliphatic heterocycles. The molecular weight excluding hydrogens is 232 g/mol. The lowest BCUT2D eigenvalue weighted by molar-refractivity contribution is 1.09. The molecule has 0 unspecified atom stereocenters. The molecule has 1 aromatic heterocycles. The van der Waals surface area contributed by atoms with E-state index in [1.54, 1.807) is 0 Å². The van der Waals surface area contributed by atoms with Gasteiger partial charge in [-0.1, -0.05) is 29.8 Å². The number of hydrogen-bond acceptors (Lipinski definition) is 1. The van der Waals surface area contributed by atoms with Crippen molar-refractivity contribution in [2.75, 3.05) is 0 Å². The highest BCUT2D eigenvalue weighted by atomic mass is 35.5. The maximum absolute atomic E-state index is 6.21. The molecule has 2 nitrogen and oxygen atoms in total. The fourth-order valence-electron chi connectivity index (χ4n) is 1.96. The van der Waals surface area contributed by atoms with Gasteiger partial charge in [-0.25, -0.2) is 4.98 Å². The first-order valence-electron chi connectivity index (χ1n) is 5.44. The summed E-state index contributed by atoms with van der Waals surface area (Å²) in [6.45, 7) is 2.07. The van der Waals surface area contributed by atoms with E-state index >= 15 is 0 Å². The van der Waals surface area contributed by atoms with Crippen molar-refractivity contribution in [3.63, 3.8) is 0 Å². The Labute approximate surface area is 104 Å². The zero-order chi connectivity index (χ0) is 11.8. The Bertz CT molecular complexity index is 686. The first kappa shape index (κ1) is 10.4. The number of benzene rings is 2. The van der Waals surface area contributed by atoms with Crippen molar-refractivity contribution in [1.82, 2.24) is 9.55 Å². The van der Waals surface area contributed by atoms with Gasteiger partial charge in [-0.2, -0.15) is 0 Å². The van der Waals surface area contributed by atoms with Gasteiger partial charge in [0.1, 0.15) is 6.33 Å². The Hall–Kier alpha value is -1.80. The summed E-state index contributed by atoms with van der Waals surface area (Å²) >= 11 is 6.21. The highest BCUT2D eigenvalue weighted by Crippen LogP contribution is 2.24. The molecule has 0 saturated heterocycles. The van der Waals surface area contributed by atoms with Crippen molar-refractivity contribution >= 4 is 22.6 Å². The van der Waals surface area contributed by atoms with Crippen LogP contribution in [0.3, 0.4) is 0 Å². The minimum atomic E-state index is 0.730. The molecule has 0 amide bonds. The van der Waals surface area contributed by atoms with Crippen LogP contribution in [-0.2, 0) is 0 Å². The van der Waals surface area contributed by atoms with Gasteiger partial charge >= 0.3 is 0 Å². The molecular formula is C14H11ClN2. The molecule has 3 heteroatoms. The van der Waals surface area contributed by atoms with E-state index in [-0.39, 0.29) is 0 Å². The Morgan fingerprint density at radius 2 is 1.94 bits per heavy atom. The summed E-state index contributed by atoms with van der Waals surface area (Å²) in [5.74, 6) is 0. The van der Waals surface area contributed by atoms with Gasteiger partial charge in [-0.05, 0) is 36.8 Å². The minimum absolute atomic E-state index is 0.730. The van der Waals surface area contributed by atoms with Crippen molar-refractivity contribution in [3.05, 3.63) is 59.4 Å². The van der Waals surface area contributed by atoms with E-state index in [0.717, 1.165) is 21.7 Å². The zero-order valence-electron chi connectivity index (χ0n) is 9.39. The van der Waals surface area contributed by atoms with Crippen LogP contribution in [0.2, 0.25) is 5.02 Å². The fraction of sp³-hybridized carbons (Fsp3) is 0.0714. The Morgan fingerprint density at radius 1 is 1.12 bits per heavy atom. The maximum atomic E-state index is 6.21. The van der Waals surface area contributed by atoms with Gasteiger partial charge < -0.3 is 0 Å². The predicted octanol–water partition coefficient (Wildman–Crippen LogP) is 3.99. The predicted molar refractivity (Wildman–Crippen MR) is 70.8 cm³/mol. The summed E-state index contributed by atoms with van der Waals surface area (Å²) < 4.78 is 2.02. The van der Waals surface area contributed by atoms with Crippen molar-refractivity contribution in [2.45, 2.75) is 6.92 Å². The van der Waals surface area contributed by atoms with Gasteiger partial charge in [0, 0.05) is 0 Å². The number of aryl methyl sites for hydroxylation is 1. The van der Waals surface area contributed by atoms with Gasteiger partial charge in [0.25, 0.3) is 0 Å². The third-order valence-corrected chi connectivity index (χ3v) is 3.13. The summed E-state index contributed by atoms with van der Waals surface area (Å²) in [5.41, 5.74) is 4.24. The Kier molecular flexibility index (Phi) is 2.37. The van der Waals surface area contributed by atoms with E-state index in [4.69, 9.17) is 11.6 Å². The Morgan fingerprint density at radius 3 is 2.76 bits per heavy atom. The quantitative estimate of drug-likeness (QED) is 0.631. The number of fused-ring (bicyclic) bond motifs is 1. The molecule has 0 aliphatic carbocycles. The standard InChI is InChI=1S/C14H11ClN2/c1-10-6-7-12-14(8-10)17(9-16-12)13-5-3-2-4-11(13)15/h2-9H,1H3. The van der Waals surface area contributed by atoms with E-state index in [0.29, 0.717) is 0 Å². The third-order valence-electron chi connectivity index (χ3n) is 2.81. The molecule has 0 radical (unpaired) electrons. The van der Waals surface area contributed by atoms with Gasteiger partial charge in [-0.15, -0.1) is 0 Å². The molecule has 0 atom stereocenters. The molecule has 2 aromatic carbocycles. The number of rotatable bonds is 1. The highest BCUT2D eigenvalue weighted by molar-refractivity contribution is 6.32. The normalized spacial score (nSPS) is 10.9. The number of aromatic nitrogens is 2. The number of hydrogen-bond donors (Lipinski definition) is 0. The zero-order valence-corrected chi connectivity index (χ0v) is 10.1. The number of para-hydroxylation sites is 1. The molecule has 0 fully saturated rings. The van der Waals surface area contributed by atoms with E-state index in [9.17, 15) is 0 Å². The van der Waals surface area contributed by atoms with Crippen LogP contribution in [0, 0.1) is 6.92 Å². The number of nitrogens with zero attached hydrogens (tertiary/aromatic N) is 2. The van der Waals surface area contributed by atoms with E-state index < -0.39 is 0 Å². The first-order valence-corrected chi connectivity index (χ1v) is 5.82. The second-order valence-electron chi connectivity index (χ2n) is 4.06. The second kappa shape index (κ2) is 3.90. The summed E-state index contributed by atoms with van der Waals surface area (Å²) in [4.78, 5) is 4.38. The Balaban J connectivity index is 2.31. The number of halogens is 1. The van der Waals surface area contributed by atoms with Crippen LogP contribution < -0.4 is 0 Å². The first-order chi connectivity index (χ1) is 8.25. The topological polar surface area (TPSA) is 17.8 Å². The molecule has 3 rings (SSSR count). The van der Waals surface area contributed by atoms with Gasteiger partial charge in [0.05, 0.1) is 21.7 Å². The summed E-state index contributed by atoms with van der Waals surface area (Å²) in [6, 6.07) is 14.0. The monoisotopic (exact) mass is 242 g/mol. The summed E-state index contributed by atoms with van der Waals surface area (Å²) in [5, 5.41) is 0.730. The lowest BCUT2D eigenvalue weighted by Crippen LogP contribution is -1.92. The largest absolute Gasteiger partial charge is 0.297 e. The minimum Gasteiger partial charge on any atom is -0.297 e. The summed E-state index contributed by atoms with van der Waals surface area (Å²) in [6.07, 6.45) is 1.81. The van der Waals surface area contributed by atoms with Crippen molar-refractivity contribution in [1.29, 1.82) is 0 Å². The van der Waals surface area contributed by atoms with Crippen LogP contribution in [0.25, 0.3) is 16.7 Å². The lowest BCUT2D eigenvalue weighted by Gasteiger charge is -2.06. The smallest absolute Gasteiger partial charge is 0.100 e. The molecule has 0 aliphatic rings. The van der Waals surface area contributed by atoms with Crippen LogP contribution in [0.1, 0.15) is 5.56 Å². The average molecular weight is 243 g/mol. The van der Waals surface area contributed by atoms with Crippen molar-refractivity contribution < 1.29 is 0 Å². The van der Waals surface area contributed by atoms with Crippen LogP contribution >= 0.6 is 11.6 Å². The molecule has 84 valence electrons. The fourth-order valence-corrected chi connectivity index (χ4v) is 2.18. The van der Waals surface area contributed by atoms with Crippen LogP contribution in [0.15, 0.2) is 48.8 Å². The van der Waals surface area contributed by atoms with E-state index in [2.05, 4.69) is 24.0 Å². The van der Waals surface area contributed by atoms with Crippen LogP contribution in [0.4, 0.5) is 0 Å². The van der Waals surface area contributed by atoms with Crippen LogP contribution in [-0.4, -0.2) is 9.55 Å². The second-order valence-corrected chi connectivity index (χ2v) is 4.47. The van der Waals surface area contributed by atoms with Gasteiger partial charge in [-0.3, -0.25) is 4.57 Å². The van der Waals surface area contributed by atoms with Gasteiger partial charge in [0.15, 0.2) is 0 Å². The van der Waals surface area contributed by atoms with Crippen LogP contribution in [0.5, 0.6) is 0 Å².